The zero-order valence-corrected chi connectivity index (χ0v) is 11.3. The number of Topliss-reactive ketones (excluding diaryl/α,β-unsaturated/α-hetero) is 1. The highest BCUT2D eigenvalue weighted by atomic mass is 16.3. The standard InChI is InChI=1S/C12H18N4O3/c1-7(17)9-10(18)12(19)16-5-4-13-6-8(15(2)3)11(16)14-9/h8,13,18H,4-6H2,1-3H3. The van der Waals surface area contributed by atoms with E-state index >= 15 is 0 Å². The molecule has 1 aromatic heterocycles. The normalized spacial score (nSPS) is 19.1. The molecule has 7 nitrogen and oxygen atoms in total. The maximum absolute atomic E-state index is 12.1. The maximum atomic E-state index is 12.1. The number of aromatic nitrogens is 2. The maximum Gasteiger partial charge on any atom is 0.296 e. The Labute approximate surface area is 110 Å². The molecule has 0 saturated carbocycles. The van der Waals surface area contributed by atoms with Crippen LogP contribution in [0.4, 0.5) is 0 Å². The minimum atomic E-state index is -0.560. The van der Waals surface area contributed by atoms with E-state index < -0.39 is 17.1 Å². The summed E-state index contributed by atoms with van der Waals surface area (Å²) in [7, 11) is 3.77. The molecule has 1 aliphatic heterocycles. The Morgan fingerprint density at radius 1 is 1.53 bits per heavy atom. The highest BCUT2D eigenvalue weighted by molar-refractivity contribution is 5.94. The summed E-state index contributed by atoms with van der Waals surface area (Å²) in [6.45, 7) is 2.98. The second-order valence-corrected chi connectivity index (χ2v) is 4.86. The van der Waals surface area contributed by atoms with Crippen molar-refractivity contribution in [2.75, 3.05) is 27.2 Å². The molecule has 1 unspecified atom stereocenters. The summed E-state index contributed by atoms with van der Waals surface area (Å²) in [5, 5.41) is 13.0. The van der Waals surface area contributed by atoms with Gasteiger partial charge in [-0.05, 0) is 14.1 Å². The molecule has 19 heavy (non-hydrogen) atoms. The van der Waals surface area contributed by atoms with Gasteiger partial charge in [-0.2, -0.15) is 0 Å². The average molecular weight is 266 g/mol. The second kappa shape index (κ2) is 5.10. The van der Waals surface area contributed by atoms with Crippen LogP contribution in [-0.4, -0.2) is 52.5 Å². The number of carbonyl (C=O) groups excluding carboxylic acids is 1. The minimum absolute atomic E-state index is 0.117. The van der Waals surface area contributed by atoms with E-state index in [0.29, 0.717) is 25.5 Å². The molecule has 0 aliphatic carbocycles. The number of rotatable bonds is 2. The number of nitrogens with one attached hydrogen (secondary N) is 1. The van der Waals surface area contributed by atoms with Crippen molar-refractivity contribution in [3.63, 3.8) is 0 Å². The molecule has 1 aliphatic rings. The van der Waals surface area contributed by atoms with Gasteiger partial charge in [-0.15, -0.1) is 0 Å². The van der Waals surface area contributed by atoms with Crippen LogP contribution in [0.5, 0.6) is 5.75 Å². The molecule has 1 atom stereocenters. The molecule has 7 heteroatoms. The van der Waals surface area contributed by atoms with Gasteiger partial charge in [-0.3, -0.25) is 19.1 Å². The van der Waals surface area contributed by atoms with Gasteiger partial charge in [-0.1, -0.05) is 0 Å². The Morgan fingerprint density at radius 2 is 2.21 bits per heavy atom. The monoisotopic (exact) mass is 266 g/mol. The minimum Gasteiger partial charge on any atom is -0.501 e. The van der Waals surface area contributed by atoms with Crippen molar-refractivity contribution in [3.8, 4) is 5.75 Å². The molecule has 0 fully saturated rings. The quantitative estimate of drug-likeness (QED) is 0.692. The van der Waals surface area contributed by atoms with Crippen LogP contribution in [0.3, 0.4) is 0 Å². The van der Waals surface area contributed by atoms with E-state index in [4.69, 9.17) is 0 Å². The molecule has 0 saturated heterocycles. The molecule has 0 aromatic carbocycles. The first-order valence-corrected chi connectivity index (χ1v) is 6.15. The van der Waals surface area contributed by atoms with Crippen LogP contribution in [0.2, 0.25) is 0 Å². The zero-order valence-electron chi connectivity index (χ0n) is 11.3. The van der Waals surface area contributed by atoms with Gasteiger partial charge in [0, 0.05) is 26.6 Å². The Balaban J connectivity index is 2.69. The number of fused-ring (bicyclic) bond motifs is 1. The van der Waals surface area contributed by atoms with Gasteiger partial charge in [0.15, 0.2) is 11.5 Å². The fourth-order valence-corrected chi connectivity index (χ4v) is 2.21. The zero-order chi connectivity index (χ0) is 14.2. The molecule has 2 heterocycles. The first-order chi connectivity index (χ1) is 8.93. The van der Waals surface area contributed by atoms with Gasteiger partial charge in [0.1, 0.15) is 5.82 Å². The topological polar surface area (TPSA) is 87.5 Å². The summed E-state index contributed by atoms with van der Waals surface area (Å²) in [4.78, 5) is 29.7. The van der Waals surface area contributed by atoms with Crippen molar-refractivity contribution in [2.24, 2.45) is 0 Å². The highest BCUT2D eigenvalue weighted by Gasteiger charge is 2.26. The van der Waals surface area contributed by atoms with Crippen molar-refractivity contribution in [2.45, 2.75) is 19.5 Å². The Hall–Kier alpha value is -1.73. The molecule has 0 radical (unpaired) electrons. The van der Waals surface area contributed by atoms with Crippen LogP contribution in [0.1, 0.15) is 29.3 Å². The van der Waals surface area contributed by atoms with Crippen molar-refractivity contribution in [1.29, 1.82) is 0 Å². The molecular formula is C12H18N4O3. The summed E-state index contributed by atoms with van der Waals surface area (Å²) in [6.07, 6.45) is 0. The molecule has 104 valence electrons. The van der Waals surface area contributed by atoms with Gasteiger partial charge in [-0.25, -0.2) is 4.98 Å². The fraction of sp³-hybridized carbons (Fsp3) is 0.583. The van der Waals surface area contributed by atoms with E-state index in [1.165, 1.54) is 11.5 Å². The van der Waals surface area contributed by atoms with Crippen LogP contribution < -0.4 is 10.9 Å². The predicted molar refractivity (Wildman–Crippen MR) is 69.5 cm³/mol. The summed E-state index contributed by atoms with van der Waals surface area (Å²) < 4.78 is 1.44. The molecule has 1 aromatic rings. The Morgan fingerprint density at radius 3 is 2.79 bits per heavy atom. The number of ketones is 1. The van der Waals surface area contributed by atoms with Crippen LogP contribution in [0, 0.1) is 0 Å². The SMILES string of the molecule is CC(=O)c1nc2n(c(=O)c1O)CCNCC2N(C)C. The molecule has 2 N–H and O–H groups in total. The molecular weight excluding hydrogens is 248 g/mol. The summed E-state index contributed by atoms with van der Waals surface area (Å²) in [5.41, 5.74) is -0.698. The lowest BCUT2D eigenvalue weighted by molar-refractivity contribution is 0.100. The lowest BCUT2D eigenvalue weighted by atomic mass is 10.2. The van der Waals surface area contributed by atoms with Gasteiger partial charge in [0.2, 0.25) is 5.75 Å². The van der Waals surface area contributed by atoms with E-state index in [9.17, 15) is 14.7 Å². The number of likely N-dealkylation sites (N-methyl/N-ethyl adjacent to an activating group) is 1. The van der Waals surface area contributed by atoms with Gasteiger partial charge in [0.05, 0.1) is 6.04 Å². The van der Waals surface area contributed by atoms with E-state index in [2.05, 4.69) is 10.3 Å². The van der Waals surface area contributed by atoms with E-state index in [-0.39, 0.29) is 11.7 Å². The fourth-order valence-electron chi connectivity index (χ4n) is 2.21. The van der Waals surface area contributed by atoms with Crippen molar-refractivity contribution < 1.29 is 9.90 Å². The van der Waals surface area contributed by atoms with Crippen molar-refractivity contribution in [3.05, 3.63) is 21.9 Å². The number of aromatic hydroxyl groups is 1. The largest absolute Gasteiger partial charge is 0.501 e. The molecule has 0 bridgehead atoms. The molecule has 0 amide bonds. The predicted octanol–water partition coefficient (Wildman–Crippen LogP) is -0.643. The third kappa shape index (κ3) is 2.39. The first-order valence-electron chi connectivity index (χ1n) is 6.15. The molecule has 0 spiro atoms. The van der Waals surface area contributed by atoms with Crippen LogP contribution in [-0.2, 0) is 6.54 Å². The highest BCUT2D eigenvalue weighted by Crippen LogP contribution is 2.20. The molecule has 2 rings (SSSR count). The summed E-state index contributed by atoms with van der Waals surface area (Å²) >= 11 is 0. The average Bonchev–Trinajstić information content (AvgIpc) is 2.55. The third-order valence-electron chi connectivity index (χ3n) is 3.28. The summed E-state index contributed by atoms with van der Waals surface area (Å²) in [6, 6.07) is -0.117. The van der Waals surface area contributed by atoms with Crippen LogP contribution >= 0.6 is 0 Å². The van der Waals surface area contributed by atoms with E-state index in [0.717, 1.165) is 0 Å². The second-order valence-electron chi connectivity index (χ2n) is 4.86. The third-order valence-corrected chi connectivity index (χ3v) is 3.28. The van der Waals surface area contributed by atoms with Gasteiger partial charge in [0.25, 0.3) is 5.56 Å². The number of carbonyl (C=O) groups is 1. The Bertz CT molecular complexity index is 565. The Kier molecular flexibility index (Phi) is 3.68. The van der Waals surface area contributed by atoms with Crippen molar-refractivity contribution in [1.82, 2.24) is 19.8 Å². The van der Waals surface area contributed by atoms with Crippen LogP contribution in [0.25, 0.3) is 0 Å². The summed E-state index contributed by atoms with van der Waals surface area (Å²) in [5.74, 6) is -0.452. The number of nitrogens with zero attached hydrogens (tertiary/aromatic N) is 3. The van der Waals surface area contributed by atoms with Gasteiger partial charge < -0.3 is 10.4 Å². The van der Waals surface area contributed by atoms with Crippen LogP contribution in [0.15, 0.2) is 4.79 Å². The van der Waals surface area contributed by atoms with Gasteiger partial charge >= 0.3 is 0 Å². The lowest BCUT2D eigenvalue weighted by Crippen LogP contribution is -2.33. The lowest BCUT2D eigenvalue weighted by Gasteiger charge is -2.24. The van der Waals surface area contributed by atoms with E-state index in [1.807, 2.05) is 19.0 Å². The van der Waals surface area contributed by atoms with E-state index in [1.54, 1.807) is 0 Å². The smallest absolute Gasteiger partial charge is 0.296 e. The van der Waals surface area contributed by atoms with Crippen molar-refractivity contribution >= 4 is 5.78 Å². The first kappa shape index (κ1) is 13.7. The number of hydrogen-bond donors (Lipinski definition) is 2. The number of hydrogen-bond acceptors (Lipinski definition) is 6.